The molecule has 0 atom stereocenters. The van der Waals surface area contributed by atoms with E-state index in [1.165, 1.54) is 5.56 Å². The molecule has 1 heterocycles. The second-order valence-corrected chi connectivity index (χ2v) is 6.88. The van der Waals surface area contributed by atoms with E-state index in [-0.39, 0.29) is 5.41 Å². The van der Waals surface area contributed by atoms with E-state index in [0.29, 0.717) is 18.3 Å². The van der Waals surface area contributed by atoms with E-state index in [1.807, 2.05) is 30.3 Å². The third-order valence-electron chi connectivity index (χ3n) is 3.97. The lowest BCUT2D eigenvalue weighted by Crippen LogP contribution is -2.14. The Kier molecular flexibility index (Phi) is 4.74. The van der Waals surface area contributed by atoms with Gasteiger partial charge in [0.25, 0.3) is 0 Å². The summed E-state index contributed by atoms with van der Waals surface area (Å²) in [6.07, 6.45) is 0. The van der Waals surface area contributed by atoms with Gasteiger partial charge in [0.05, 0.1) is 13.7 Å². The molecule has 5 heteroatoms. The summed E-state index contributed by atoms with van der Waals surface area (Å²) in [5, 5.41) is 11.7. The molecule has 0 bridgehead atoms. The molecule has 3 rings (SSSR count). The van der Waals surface area contributed by atoms with Gasteiger partial charge < -0.3 is 14.5 Å². The van der Waals surface area contributed by atoms with E-state index >= 15 is 0 Å². The molecule has 1 aromatic heterocycles. The highest BCUT2D eigenvalue weighted by atomic mass is 16.5. The van der Waals surface area contributed by atoms with Gasteiger partial charge in [-0.3, -0.25) is 0 Å². The number of hydrogen-bond donors (Lipinski definition) is 1. The molecule has 25 heavy (non-hydrogen) atoms. The minimum atomic E-state index is 0.0622. The lowest BCUT2D eigenvalue weighted by Gasteiger charge is -2.23. The number of rotatable bonds is 5. The van der Waals surface area contributed by atoms with Crippen LogP contribution in [-0.2, 0) is 12.0 Å². The predicted molar refractivity (Wildman–Crippen MR) is 98.8 cm³/mol. The summed E-state index contributed by atoms with van der Waals surface area (Å²) in [6, 6.07) is 15.8. The second-order valence-electron chi connectivity index (χ2n) is 6.88. The molecule has 0 aliphatic heterocycles. The maximum absolute atomic E-state index is 5.76. The number of aromatic nitrogens is 2. The van der Waals surface area contributed by atoms with Crippen molar-refractivity contribution in [3.8, 4) is 17.2 Å². The van der Waals surface area contributed by atoms with Gasteiger partial charge in [-0.2, -0.15) is 0 Å². The van der Waals surface area contributed by atoms with Gasteiger partial charge in [0.2, 0.25) is 11.8 Å². The molecule has 130 valence electrons. The number of benzene rings is 2. The van der Waals surface area contributed by atoms with Crippen LogP contribution in [0.5, 0.6) is 5.75 Å². The number of ether oxygens (including phenoxy) is 1. The fourth-order valence-corrected chi connectivity index (χ4v) is 2.64. The van der Waals surface area contributed by atoms with Gasteiger partial charge in [0, 0.05) is 11.3 Å². The Labute approximate surface area is 148 Å². The van der Waals surface area contributed by atoms with Crippen molar-refractivity contribution in [1.82, 2.24) is 10.2 Å². The number of para-hydroxylation sites is 1. The smallest absolute Gasteiger partial charge is 0.247 e. The van der Waals surface area contributed by atoms with Gasteiger partial charge in [-0.25, -0.2) is 0 Å². The van der Waals surface area contributed by atoms with E-state index in [1.54, 1.807) is 7.11 Å². The van der Waals surface area contributed by atoms with Crippen LogP contribution in [0.3, 0.4) is 0 Å². The Morgan fingerprint density at radius 3 is 2.40 bits per heavy atom. The van der Waals surface area contributed by atoms with Crippen LogP contribution in [0.15, 0.2) is 52.9 Å². The molecule has 0 amide bonds. The summed E-state index contributed by atoms with van der Waals surface area (Å²) in [4.78, 5) is 0. The number of methoxy groups -OCH3 is 1. The maximum atomic E-state index is 5.76. The molecule has 0 aliphatic rings. The first-order valence-electron chi connectivity index (χ1n) is 8.27. The second kappa shape index (κ2) is 6.97. The van der Waals surface area contributed by atoms with Crippen LogP contribution in [0, 0.1) is 0 Å². The summed E-state index contributed by atoms with van der Waals surface area (Å²) in [6.45, 7) is 7.07. The fourth-order valence-electron chi connectivity index (χ4n) is 2.64. The molecule has 0 radical (unpaired) electrons. The zero-order chi connectivity index (χ0) is 17.9. The molecular weight excluding hydrogens is 314 g/mol. The third kappa shape index (κ3) is 3.99. The number of anilines is 1. The molecule has 1 N–H and O–H groups in total. The molecule has 0 fully saturated rings. The van der Waals surface area contributed by atoms with Crippen molar-refractivity contribution < 1.29 is 9.15 Å². The quantitative estimate of drug-likeness (QED) is 0.734. The first kappa shape index (κ1) is 17.0. The van der Waals surface area contributed by atoms with Crippen LogP contribution in [0.1, 0.15) is 32.2 Å². The Morgan fingerprint density at radius 1 is 1.00 bits per heavy atom. The molecule has 3 aromatic rings. The average Bonchev–Trinajstić information content (AvgIpc) is 3.08. The molecular formula is C20H23N3O2. The normalized spacial score (nSPS) is 11.4. The minimum absolute atomic E-state index is 0.0622. The summed E-state index contributed by atoms with van der Waals surface area (Å²) in [5.74, 6) is 1.85. The van der Waals surface area contributed by atoms with E-state index in [0.717, 1.165) is 17.0 Å². The van der Waals surface area contributed by atoms with Gasteiger partial charge in [-0.1, -0.05) is 39.0 Å². The number of nitrogens with zero attached hydrogens (tertiary/aromatic N) is 2. The average molecular weight is 337 g/mol. The van der Waals surface area contributed by atoms with Crippen LogP contribution >= 0.6 is 0 Å². The van der Waals surface area contributed by atoms with Crippen molar-refractivity contribution in [2.24, 2.45) is 0 Å². The zero-order valence-corrected chi connectivity index (χ0v) is 15.0. The van der Waals surface area contributed by atoms with Crippen LogP contribution in [-0.4, -0.2) is 17.3 Å². The molecule has 2 aromatic carbocycles. The highest BCUT2D eigenvalue weighted by Gasteiger charge is 2.17. The van der Waals surface area contributed by atoms with E-state index < -0.39 is 0 Å². The van der Waals surface area contributed by atoms with Crippen molar-refractivity contribution in [3.63, 3.8) is 0 Å². The zero-order valence-electron chi connectivity index (χ0n) is 15.0. The Morgan fingerprint density at radius 2 is 1.72 bits per heavy atom. The van der Waals surface area contributed by atoms with E-state index in [2.05, 4.69) is 54.5 Å². The number of hydrogen-bond acceptors (Lipinski definition) is 5. The van der Waals surface area contributed by atoms with E-state index in [9.17, 15) is 0 Å². The molecule has 0 saturated heterocycles. The minimum Gasteiger partial charge on any atom is -0.497 e. The highest BCUT2D eigenvalue weighted by Crippen LogP contribution is 2.29. The molecule has 0 spiro atoms. The van der Waals surface area contributed by atoms with Crippen LogP contribution < -0.4 is 10.1 Å². The number of nitrogens with one attached hydrogen (secondary N) is 1. The van der Waals surface area contributed by atoms with Crippen LogP contribution in [0.2, 0.25) is 0 Å². The Balaban J connectivity index is 1.72. The largest absolute Gasteiger partial charge is 0.497 e. The summed E-state index contributed by atoms with van der Waals surface area (Å²) in [7, 11) is 1.64. The van der Waals surface area contributed by atoms with Crippen molar-refractivity contribution in [2.75, 3.05) is 12.4 Å². The summed E-state index contributed by atoms with van der Waals surface area (Å²) >= 11 is 0. The van der Waals surface area contributed by atoms with Gasteiger partial charge in [-0.05, 0) is 41.3 Å². The van der Waals surface area contributed by atoms with Gasteiger partial charge in [-0.15, -0.1) is 10.2 Å². The molecule has 0 saturated carbocycles. The monoisotopic (exact) mass is 337 g/mol. The molecule has 5 nitrogen and oxygen atoms in total. The van der Waals surface area contributed by atoms with E-state index in [4.69, 9.17) is 9.15 Å². The van der Waals surface area contributed by atoms with Gasteiger partial charge in [0.15, 0.2) is 0 Å². The maximum Gasteiger partial charge on any atom is 0.247 e. The standard InChI is InChI=1S/C20H23N3O2/c1-20(2,3)16-7-5-6-8-17(16)21-13-18-22-23-19(25-18)14-9-11-15(24-4)12-10-14/h5-12,21H,13H2,1-4H3. The first-order valence-corrected chi connectivity index (χ1v) is 8.27. The van der Waals surface area contributed by atoms with Crippen LogP contribution in [0.25, 0.3) is 11.5 Å². The Hall–Kier alpha value is -2.82. The summed E-state index contributed by atoms with van der Waals surface area (Å²) in [5.41, 5.74) is 3.27. The molecule has 0 unspecified atom stereocenters. The van der Waals surface area contributed by atoms with Crippen molar-refractivity contribution in [3.05, 3.63) is 60.0 Å². The summed E-state index contributed by atoms with van der Waals surface area (Å²) < 4.78 is 10.9. The highest BCUT2D eigenvalue weighted by molar-refractivity contribution is 5.55. The van der Waals surface area contributed by atoms with Crippen LogP contribution in [0.4, 0.5) is 5.69 Å². The van der Waals surface area contributed by atoms with Gasteiger partial charge >= 0.3 is 0 Å². The molecule has 0 aliphatic carbocycles. The van der Waals surface area contributed by atoms with Crippen molar-refractivity contribution in [1.29, 1.82) is 0 Å². The first-order chi connectivity index (χ1) is 12.0. The fraction of sp³-hybridized carbons (Fsp3) is 0.300. The van der Waals surface area contributed by atoms with Gasteiger partial charge in [0.1, 0.15) is 5.75 Å². The lowest BCUT2D eigenvalue weighted by atomic mass is 9.86. The lowest BCUT2D eigenvalue weighted by molar-refractivity contribution is 0.415. The van der Waals surface area contributed by atoms with Crippen molar-refractivity contribution >= 4 is 5.69 Å². The SMILES string of the molecule is COc1ccc(-c2nnc(CNc3ccccc3C(C)(C)C)o2)cc1. The Bertz CT molecular complexity index is 833. The van der Waals surface area contributed by atoms with Crippen molar-refractivity contribution in [2.45, 2.75) is 32.7 Å². The topological polar surface area (TPSA) is 60.2 Å². The predicted octanol–water partition coefficient (Wildman–Crippen LogP) is 4.65. The third-order valence-corrected chi connectivity index (χ3v) is 3.97.